The van der Waals surface area contributed by atoms with E-state index >= 15 is 0 Å². The summed E-state index contributed by atoms with van der Waals surface area (Å²) in [6, 6.07) is 9.70. The summed E-state index contributed by atoms with van der Waals surface area (Å²) in [6.07, 6.45) is -1.52. The minimum atomic E-state index is -1.67. The molecular formula is C27H41NO8. The first kappa shape index (κ1) is 28.4. The van der Waals surface area contributed by atoms with Crippen molar-refractivity contribution in [3.05, 3.63) is 35.9 Å². The van der Waals surface area contributed by atoms with Crippen molar-refractivity contribution in [3.8, 4) is 0 Å². The first-order chi connectivity index (χ1) is 16.8. The number of carbonyl (C=O) groups is 2. The third-order valence-corrected chi connectivity index (χ3v) is 6.69. The minimum Gasteiger partial charge on any atom is -0.464 e. The van der Waals surface area contributed by atoms with Crippen LogP contribution in [-0.4, -0.2) is 72.1 Å². The quantitative estimate of drug-likeness (QED) is 0.293. The molecular weight excluding hydrogens is 466 g/mol. The highest BCUT2D eigenvalue weighted by atomic mass is 16.8. The van der Waals surface area contributed by atoms with Gasteiger partial charge in [0.05, 0.1) is 25.9 Å². The Morgan fingerprint density at radius 1 is 1.19 bits per heavy atom. The number of amides is 1. The standard InChI is InChI=1S/C27H41NO8/c1-9-32-22(29)27(20(3)33-18-31-16-21-13-11-10-12-14-21)26(17-34-25(7,8)36-26)19(2)15-28(27)23(30)35-24(4,5)6/h10-14,19-20H,9,15-18H2,1-8H3/t19-,20+,26-,27+/m0/s1. The van der Waals surface area contributed by atoms with E-state index in [0.717, 1.165) is 5.56 Å². The van der Waals surface area contributed by atoms with Crippen LogP contribution in [0.2, 0.25) is 0 Å². The topological polar surface area (TPSA) is 92.8 Å². The van der Waals surface area contributed by atoms with Crippen molar-refractivity contribution < 1.29 is 38.0 Å². The predicted octanol–water partition coefficient (Wildman–Crippen LogP) is 4.28. The van der Waals surface area contributed by atoms with Gasteiger partial charge in [-0.3, -0.25) is 4.90 Å². The van der Waals surface area contributed by atoms with E-state index in [2.05, 4.69) is 0 Å². The molecule has 202 valence electrons. The summed E-state index contributed by atoms with van der Waals surface area (Å²) >= 11 is 0. The normalized spacial score (nSPS) is 28.3. The summed E-state index contributed by atoms with van der Waals surface area (Å²) < 4.78 is 35.7. The van der Waals surface area contributed by atoms with Gasteiger partial charge in [-0.05, 0) is 54.0 Å². The van der Waals surface area contributed by atoms with Gasteiger partial charge in [-0.1, -0.05) is 37.3 Å². The van der Waals surface area contributed by atoms with Crippen molar-refractivity contribution >= 4 is 12.1 Å². The molecule has 0 radical (unpaired) electrons. The smallest absolute Gasteiger partial charge is 0.411 e. The second-order valence-electron chi connectivity index (χ2n) is 10.9. The van der Waals surface area contributed by atoms with Crippen LogP contribution in [0.4, 0.5) is 4.79 Å². The van der Waals surface area contributed by atoms with E-state index in [-0.39, 0.29) is 32.5 Å². The molecule has 0 N–H and O–H groups in total. The zero-order valence-electron chi connectivity index (χ0n) is 22.8. The van der Waals surface area contributed by atoms with Crippen LogP contribution in [0.3, 0.4) is 0 Å². The molecule has 0 aromatic heterocycles. The fourth-order valence-electron chi connectivity index (χ4n) is 5.17. The Morgan fingerprint density at radius 2 is 1.86 bits per heavy atom. The van der Waals surface area contributed by atoms with E-state index in [1.165, 1.54) is 4.90 Å². The molecule has 2 aliphatic rings. The number of rotatable bonds is 8. The number of hydrogen-bond acceptors (Lipinski definition) is 8. The number of hydrogen-bond donors (Lipinski definition) is 0. The van der Waals surface area contributed by atoms with E-state index in [0.29, 0.717) is 6.61 Å². The van der Waals surface area contributed by atoms with Gasteiger partial charge in [0.2, 0.25) is 5.54 Å². The highest BCUT2D eigenvalue weighted by Gasteiger charge is 2.76. The van der Waals surface area contributed by atoms with Crippen LogP contribution in [0.1, 0.15) is 61.0 Å². The molecule has 0 bridgehead atoms. The lowest BCUT2D eigenvalue weighted by molar-refractivity contribution is -0.225. The van der Waals surface area contributed by atoms with E-state index in [9.17, 15) is 9.59 Å². The maximum absolute atomic E-state index is 13.9. The molecule has 1 aromatic carbocycles. The summed E-state index contributed by atoms with van der Waals surface area (Å²) in [5.74, 6) is -1.89. The van der Waals surface area contributed by atoms with Gasteiger partial charge < -0.3 is 28.4 Å². The van der Waals surface area contributed by atoms with E-state index in [1.54, 1.807) is 48.5 Å². The van der Waals surface area contributed by atoms with Gasteiger partial charge >= 0.3 is 12.1 Å². The van der Waals surface area contributed by atoms with Gasteiger partial charge in [0.15, 0.2) is 5.79 Å². The Kier molecular flexibility index (Phi) is 8.40. The van der Waals surface area contributed by atoms with Crippen molar-refractivity contribution in [2.75, 3.05) is 26.6 Å². The lowest BCUT2D eigenvalue weighted by Crippen LogP contribution is -2.73. The lowest BCUT2D eigenvalue weighted by atomic mass is 9.72. The monoisotopic (exact) mass is 507 g/mol. The number of likely N-dealkylation sites (tertiary alicyclic amines) is 1. The number of esters is 1. The molecule has 2 fully saturated rings. The number of nitrogens with zero attached hydrogens (tertiary/aromatic N) is 1. The third kappa shape index (κ3) is 5.39. The van der Waals surface area contributed by atoms with E-state index < -0.39 is 40.7 Å². The molecule has 0 saturated carbocycles. The molecule has 2 heterocycles. The van der Waals surface area contributed by atoms with Gasteiger partial charge in [0.1, 0.15) is 18.0 Å². The molecule has 4 atom stereocenters. The van der Waals surface area contributed by atoms with Gasteiger partial charge in [0, 0.05) is 12.5 Å². The van der Waals surface area contributed by atoms with Crippen molar-refractivity contribution in [2.24, 2.45) is 5.92 Å². The van der Waals surface area contributed by atoms with Gasteiger partial charge in [0.25, 0.3) is 0 Å². The van der Waals surface area contributed by atoms with E-state index in [4.69, 9.17) is 28.4 Å². The maximum Gasteiger partial charge on any atom is 0.411 e. The van der Waals surface area contributed by atoms with Crippen LogP contribution >= 0.6 is 0 Å². The fourth-order valence-corrected chi connectivity index (χ4v) is 5.17. The molecule has 1 aromatic rings. The summed E-state index contributed by atoms with van der Waals surface area (Å²) in [4.78, 5) is 28.9. The SMILES string of the molecule is CCOC(=O)[C@@]1([C@@H](C)OCOCc2ccccc2)N(C(=O)OC(C)(C)C)C[C@H](C)[C@@]12COC(C)(C)O2. The molecule has 36 heavy (non-hydrogen) atoms. The van der Waals surface area contributed by atoms with E-state index in [1.807, 2.05) is 37.3 Å². The molecule has 1 amide bonds. The maximum atomic E-state index is 13.9. The van der Waals surface area contributed by atoms with Crippen molar-refractivity contribution in [1.29, 1.82) is 0 Å². The molecule has 2 aliphatic heterocycles. The Bertz CT molecular complexity index is 914. The van der Waals surface area contributed by atoms with Gasteiger partial charge in [-0.15, -0.1) is 0 Å². The molecule has 1 spiro atoms. The minimum absolute atomic E-state index is 0.0812. The molecule has 0 unspecified atom stereocenters. The Morgan fingerprint density at radius 3 is 2.42 bits per heavy atom. The molecule has 3 rings (SSSR count). The highest BCUT2D eigenvalue weighted by Crippen LogP contribution is 2.54. The zero-order valence-corrected chi connectivity index (χ0v) is 22.8. The van der Waals surface area contributed by atoms with Crippen LogP contribution < -0.4 is 0 Å². The molecule has 0 aliphatic carbocycles. The Balaban J connectivity index is 1.99. The number of benzene rings is 1. The average Bonchev–Trinajstić information content (AvgIpc) is 3.25. The van der Waals surface area contributed by atoms with Gasteiger partial charge in [-0.2, -0.15) is 0 Å². The number of ether oxygens (including phenoxy) is 6. The third-order valence-electron chi connectivity index (χ3n) is 6.69. The van der Waals surface area contributed by atoms with Crippen LogP contribution in [0.15, 0.2) is 30.3 Å². The van der Waals surface area contributed by atoms with Crippen molar-refractivity contribution in [3.63, 3.8) is 0 Å². The van der Waals surface area contributed by atoms with Crippen LogP contribution in [-0.2, 0) is 39.8 Å². The van der Waals surface area contributed by atoms with Crippen LogP contribution in [0.5, 0.6) is 0 Å². The predicted molar refractivity (Wildman–Crippen MR) is 132 cm³/mol. The second kappa shape index (κ2) is 10.7. The first-order valence-corrected chi connectivity index (χ1v) is 12.5. The largest absolute Gasteiger partial charge is 0.464 e. The summed E-state index contributed by atoms with van der Waals surface area (Å²) in [5.41, 5.74) is -2.68. The summed E-state index contributed by atoms with van der Waals surface area (Å²) in [5, 5.41) is 0. The Labute approximate surface area is 214 Å². The van der Waals surface area contributed by atoms with Crippen molar-refractivity contribution in [2.45, 2.75) is 90.6 Å². The Hall–Kier alpha value is -2.20. The molecule has 2 saturated heterocycles. The fraction of sp³-hybridized carbons (Fsp3) is 0.704. The van der Waals surface area contributed by atoms with Crippen molar-refractivity contribution in [1.82, 2.24) is 4.90 Å². The summed E-state index contributed by atoms with van der Waals surface area (Å²) in [6.45, 7) is 14.9. The highest BCUT2D eigenvalue weighted by molar-refractivity contribution is 5.90. The van der Waals surface area contributed by atoms with Crippen LogP contribution in [0.25, 0.3) is 0 Å². The second-order valence-corrected chi connectivity index (χ2v) is 10.9. The summed E-state index contributed by atoms with van der Waals surface area (Å²) in [7, 11) is 0. The lowest BCUT2D eigenvalue weighted by Gasteiger charge is -2.48. The zero-order chi connectivity index (χ0) is 26.8. The number of carbonyl (C=O) groups excluding carboxylic acids is 2. The first-order valence-electron chi connectivity index (χ1n) is 12.5. The molecule has 9 nitrogen and oxygen atoms in total. The molecule has 9 heteroatoms. The average molecular weight is 508 g/mol. The van der Waals surface area contributed by atoms with Gasteiger partial charge in [-0.25, -0.2) is 9.59 Å². The van der Waals surface area contributed by atoms with Crippen LogP contribution in [0, 0.1) is 5.92 Å².